The summed E-state index contributed by atoms with van der Waals surface area (Å²) < 4.78 is 5.72. The van der Waals surface area contributed by atoms with Crippen LogP contribution in [0.25, 0.3) is 0 Å². The van der Waals surface area contributed by atoms with E-state index in [0.717, 1.165) is 5.56 Å². The van der Waals surface area contributed by atoms with Crippen LogP contribution in [0.3, 0.4) is 0 Å². The van der Waals surface area contributed by atoms with Gasteiger partial charge in [0.1, 0.15) is 17.1 Å². The van der Waals surface area contributed by atoms with E-state index in [9.17, 15) is 10.2 Å². The lowest BCUT2D eigenvalue weighted by atomic mass is 9.82. The van der Waals surface area contributed by atoms with Crippen LogP contribution >= 0.6 is 0 Å². The van der Waals surface area contributed by atoms with E-state index in [2.05, 4.69) is 0 Å². The molecular formula is C12H16O3. The Morgan fingerprint density at radius 3 is 2.60 bits per heavy atom. The molecule has 0 aliphatic carbocycles. The Bertz CT molecular complexity index is 394. The topological polar surface area (TPSA) is 49.7 Å². The molecule has 1 unspecified atom stereocenters. The van der Waals surface area contributed by atoms with Gasteiger partial charge in [0.05, 0.1) is 5.60 Å². The van der Waals surface area contributed by atoms with Crippen LogP contribution in [0.2, 0.25) is 0 Å². The molecule has 0 bridgehead atoms. The quantitative estimate of drug-likeness (QED) is 0.687. The Labute approximate surface area is 89.3 Å². The number of aromatic hydroxyl groups is 1. The predicted octanol–water partition coefficient (Wildman–Crippen LogP) is 2.16. The molecule has 1 atom stereocenters. The summed E-state index contributed by atoms with van der Waals surface area (Å²) in [4.78, 5) is 0. The molecular weight excluding hydrogens is 192 g/mol. The van der Waals surface area contributed by atoms with Gasteiger partial charge >= 0.3 is 0 Å². The van der Waals surface area contributed by atoms with Gasteiger partial charge in [-0.15, -0.1) is 0 Å². The van der Waals surface area contributed by atoms with Crippen LogP contribution in [-0.4, -0.2) is 15.8 Å². The second-order valence-electron chi connectivity index (χ2n) is 4.99. The van der Waals surface area contributed by atoms with Gasteiger partial charge in [-0.2, -0.15) is 0 Å². The third-order valence-corrected chi connectivity index (χ3v) is 2.70. The fourth-order valence-electron chi connectivity index (χ4n) is 2.30. The number of phenolic OH excluding ortho intramolecular Hbond substituents is 1. The van der Waals surface area contributed by atoms with Crippen LogP contribution < -0.4 is 4.74 Å². The van der Waals surface area contributed by atoms with Crippen LogP contribution in [0.1, 0.15) is 32.8 Å². The molecule has 3 heteroatoms. The summed E-state index contributed by atoms with van der Waals surface area (Å²) >= 11 is 0. The summed E-state index contributed by atoms with van der Waals surface area (Å²) in [5, 5.41) is 19.7. The molecule has 1 aromatic carbocycles. The van der Waals surface area contributed by atoms with Gasteiger partial charge in [0.15, 0.2) is 0 Å². The molecule has 1 aliphatic rings. The first-order valence-corrected chi connectivity index (χ1v) is 5.05. The van der Waals surface area contributed by atoms with Crippen molar-refractivity contribution in [1.29, 1.82) is 0 Å². The number of fused-ring (bicyclic) bond motifs is 1. The third kappa shape index (κ3) is 1.79. The minimum absolute atomic E-state index is 0.155. The molecule has 0 fully saturated rings. The van der Waals surface area contributed by atoms with Gasteiger partial charge in [0, 0.05) is 18.1 Å². The van der Waals surface area contributed by atoms with Gasteiger partial charge < -0.3 is 14.9 Å². The smallest absolute Gasteiger partial charge is 0.129 e. The lowest BCUT2D eigenvalue weighted by molar-refractivity contribution is -0.0518. The molecule has 0 amide bonds. The molecule has 0 radical (unpaired) electrons. The lowest BCUT2D eigenvalue weighted by Crippen LogP contribution is -2.42. The SMILES string of the molecule is CC1(C)CC(C)(O)c2ccc(O)cc2O1. The van der Waals surface area contributed by atoms with Crippen LogP contribution in [-0.2, 0) is 5.60 Å². The molecule has 0 spiro atoms. The number of benzene rings is 1. The van der Waals surface area contributed by atoms with Crippen molar-refractivity contribution < 1.29 is 14.9 Å². The van der Waals surface area contributed by atoms with Crippen LogP contribution in [0.4, 0.5) is 0 Å². The van der Waals surface area contributed by atoms with Crippen molar-refractivity contribution in [3.05, 3.63) is 23.8 Å². The highest BCUT2D eigenvalue weighted by molar-refractivity contribution is 5.45. The van der Waals surface area contributed by atoms with Crippen molar-refractivity contribution in [2.75, 3.05) is 0 Å². The maximum atomic E-state index is 10.3. The predicted molar refractivity (Wildman–Crippen MR) is 57.0 cm³/mol. The summed E-state index contributed by atoms with van der Waals surface area (Å²) in [5.74, 6) is 0.721. The number of hydrogen-bond donors (Lipinski definition) is 2. The van der Waals surface area contributed by atoms with Crippen molar-refractivity contribution in [3.63, 3.8) is 0 Å². The number of rotatable bonds is 0. The zero-order valence-electron chi connectivity index (χ0n) is 9.24. The van der Waals surface area contributed by atoms with E-state index in [1.54, 1.807) is 25.1 Å². The maximum Gasteiger partial charge on any atom is 0.129 e. The lowest BCUT2D eigenvalue weighted by Gasteiger charge is -2.41. The van der Waals surface area contributed by atoms with Gasteiger partial charge in [-0.3, -0.25) is 0 Å². The zero-order valence-corrected chi connectivity index (χ0v) is 9.24. The first-order valence-electron chi connectivity index (χ1n) is 5.05. The van der Waals surface area contributed by atoms with Gasteiger partial charge in [-0.1, -0.05) is 0 Å². The molecule has 15 heavy (non-hydrogen) atoms. The molecule has 2 rings (SSSR count). The molecule has 1 aromatic rings. The first-order chi connectivity index (χ1) is 6.80. The number of phenols is 1. The monoisotopic (exact) mass is 208 g/mol. The zero-order chi connectivity index (χ0) is 11.3. The standard InChI is InChI=1S/C12H16O3/c1-11(2)7-12(3,14)9-5-4-8(13)6-10(9)15-11/h4-6,13-14H,7H2,1-3H3. The van der Waals surface area contributed by atoms with Gasteiger partial charge in [0.25, 0.3) is 0 Å². The van der Waals surface area contributed by atoms with E-state index in [1.807, 2.05) is 13.8 Å². The maximum absolute atomic E-state index is 10.3. The second-order valence-corrected chi connectivity index (χ2v) is 4.99. The van der Waals surface area contributed by atoms with E-state index in [-0.39, 0.29) is 5.75 Å². The summed E-state index contributed by atoms with van der Waals surface area (Å²) in [6.07, 6.45) is 0.539. The number of hydrogen-bond acceptors (Lipinski definition) is 3. The largest absolute Gasteiger partial charge is 0.508 e. The highest BCUT2D eigenvalue weighted by Gasteiger charge is 2.40. The van der Waals surface area contributed by atoms with Gasteiger partial charge in [-0.05, 0) is 32.9 Å². The highest BCUT2D eigenvalue weighted by atomic mass is 16.5. The van der Waals surface area contributed by atoms with Crippen molar-refractivity contribution >= 4 is 0 Å². The second kappa shape index (κ2) is 2.89. The van der Waals surface area contributed by atoms with Gasteiger partial charge in [0.2, 0.25) is 0 Å². The minimum atomic E-state index is -0.898. The van der Waals surface area contributed by atoms with E-state index in [4.69, 9.17) is 4.74 Å². The Hall–Kier alpha value is -1.22. The molecule has 1 aliphatic heterocycles. The van der Waals surface area contributed by atoms with Crippen molar-refractivity contribution in [2.45, 2.75) is 38.4 Å². The molecule has 0 saturated heterocycles. The van der Waals surface area contributed by atoms with Crippen LogP contribution in [0, 0.1) is 0 Å². The van der Waals surface area contributed by atoms with Crippen LogP contribution in [0.5, 0.6) is 11.5 Å². The summed E-state index contributed by atoms with van der Waals surface area (Å²) in [6.45, 7) is 5.62. The highest BCUT2D eigenvalue weighted by Crippen LogP contribution is 2.44. The molecule has 82 valence electrons. The first kappa shape index (κ1) is 10.3. The average molecular weight is 208 g/mol. The summed E-state index contributed by atoms with van der Waals surface area (Å²) in [5.41, 5.74) is -0.575. The van der Waals surface area contributed by atoms with E-state index in [1.165, 1.54) is 0 Å². The average Bonchev–Trinajstić information content (AvgIpc) is 1.97. The fraction of sp³-hybridized carbons (Fsp3) is 0.500. The van der Waals surface area contributed by atoms with E-state index in [0.29, 0.717) is 12.2 Å². The Morgan fingerprint density at radius 2 is 1.93 bits per heavy atom. The molecule has 0 aromatic heterocycles. The van der Waals surface area contributed by atoms with Crippen molar-refractivity contribution in [3.8, 4) is 11.5 Å². The molecule has 0 saturated carbocycles. The number of aliphatic hydroxyl groups is 1. The third-order valence-electron chi connectivity index (χ3n) is 2.70. The summed E-state index contributed by atoms with van der Waals surface area (Å²) in [7, 11) is 0. The molecule has 3 nitrogen and oxygen atoms in total. The van der Waals surface area contributed by atoms with E-state index < -0.39 is 11.2 Å². The minimum Gasteiger partial charge on any atom is -0.508 e. The van der Waals surface area contributed by atoms with Crippen molar-refractivity contribution in [1.82, 2.24) is 0 Å². The Morgan fingerprint density at radius 1 is 1.27 bits per heavy atom. The van der Waals surface area contributed by atoms with E-state index >= 15 is 0 Å². The van der Waals surface area contributed by atoms with Crippen molar-refractivity contribution in [2.24, 2.45) is 0 Å². The summed E-state index contributed by atoms with van der Waals surface area (Å²) in [6, 6.07) is 4.82. The number of ether oxygens (including phenoxy) is 1. The Balaban J connectivity index is 2.55. The Kier molecular flexibility index (Phi) is 1.98. The molecule has 2 N–H and O–H groups in total. The normalized spacial score (nSPS) is 28.0. The van der Waals surface area contributed by atoms with Crippen LogP contribution in [0.15, 0.2) is 18.2 Å². The molecule has 1 heterocycles. The fourth-order valence-corrected chi connectivity index (χ4v) is 2.30. The van der Waals surface area contributed by atoms with Gasteiger partial charge in [-0.25, -0.2) is 0 Å².